The van der Waals surface area contributed by atoms with Gasteiger partial charge in [0.25, 0.3) is 17.7 Å². The summed E-state index contributed by atoms with van der Waals surface area (Å²) in [6.45, 7) is -0.823. The maximum Gasteiger partial charge on any atom is 0.353 e. The van der Waals surface area contributed by atoms with Crippen molar-refractivity contribution >= 4 is 134 Å². The quantitative estimate of drug-likeness (QED) is 0.0791. The average Bonchev–Trinajstić information content (AvgIpc) is 3.71. The van der Waals surface area contributed by atoms with Gasteiger partial charge in [-0.05, 0) is 53.9 Å². The Balaban J connectivity index is 1.34. The van der Waals surface area contributed by atoms with Crippen LogP contribution in [0.15, 0.2) is 70.0 Å². The first-order chi connectivity index (χ1) is 21.6. The summed E-state index contributed by atoms with van der Waals surface area (Å²) in [4.78, 5) is 64.0. The van der Waals surface area contributed by atoms with Crippen molar-refractivity contribution in [2.24, 2.45) is 11.8 Å². The molecular formula is C29H14Cl8N2O6S. The Morgan fingerprint density at radius 3 is 1.89 bits per heavy atom. The molecule has 0 N–H and O–H groups in total. The number of esters is 1. The highest BCUT2D eigenvalue weighted by Crippen LogP contribution is 2.77. The van der Waals surface area contributed by atoms with E-state index in [9.17, 15) is 24.0 Å². The van der Waals surface area contributed by atoms with Crippen molar-refractivity contribution in [3.63, 3.8) is 0 Å². The second-order valence-corrected chi connectivity index (χ2v) is 15.4. The van der Waals surface area contributed by atoms with Gasteiger partial charge in [-0.2, -0.15) is 5.01 Å². The van der Waals surface area contributed by atoms with Crippen molar-refractivity contribution in [2.75, 3.05) is 6.54 Å². The summed E-state index contributed by atoms with van der Waals surface area (Å²) < 4.78 is 3.12. The van der Waals surface area contributed by atoms with E-state index in [4.69, 9.17) is 97.5 Å². The summed E-state index contributed by atoms with van der Waals surface area (Å²) >= 11 is 52.9. The number of halogens is 8. The fourth-order valence-electron chi connectivity index (χ4n) is 5.72. The lowest BCUT2D eigenvalue weighted by molar-refractivity contribution is -0.154. The van der Waals surface area contributed by atoms with Crippen LogP contribution < -0.4 is 4.74 Å². The molecule has 1 saturated heterocycles. The summed E-state index contributed by atoms with van der Waals surface area (Å²) in [5.74, 6) is -7.30. The van der Waals surface area contributed by atoms with Crippen LogP contribution in [-0.2, 0) is 9.59 Å². The first-order valence-electron chi connectivity index (χ1n) is 12.9. The van der Waals surface area contributed by atoms with Gasteiger partial charge in [-0.25, -0.2) is 9.80 Å². The smallest absolute Gasteiger partial charge is 0.353 e. The lowest BCUT2D eigenvalue weighted by Gasteiger charge is -2.36. The zero-order chi connectivity index (χ0) is 33.5. The molecular weight excluding hydrogens is 788 g/mol. The SMILES string of the molecule is O=C(CN(C(=O)c1ccc(Cl)c(Cl)c1)N1C(=O)[C@H]2[C@H](C1=O)[C@@]1(Cl)C(Cl)=C(Cl)[C@@]2(Cl)C1(Cl)Cl)c1ccc(OC(=O)c2cccs2)cc1. The number of allylic oxidation sites excluding steroid dienone is 2. The highest BCUT2D eigenvalue weighted by atomic mass is 35.5. The van der Waals surface area contributed by atoms with Crippen LogP contribution in [0.5, 0.6) is 5.75 Å². The fourth-order valence-corrected chi connectivity index (χ4v) is 9.54. The van der Waals surface area contributed by atoms with Gasteiger partial charge in [0.05, 0.1) is 31.9 Å². The lowest BCUT2D eigenvalue weighted by atomic mass is 9.84. The first-order valence-corrected chi connectivity index (χ1v) is 16.8. The molecule has 3 aromatic rings. The number of fused-ring (bicyclic) bond motifs is 5. The van der Waals surface area contributed by atoms with Gasteiger partial charge in [0, 0.05) is 11.1 Å². The number of hydrogen-bond donors (Lipinski definition) is 0. The van der Waals surface area contributed by atoms with Crippen LogP contribution in [0.3, 0.4) is 0 Å². The van der Waals surface area contributed by atoms with Gasteiger partial charge in [-0.3, -0.25) is 19.2 Å². The van der Waals surface area contributed by atoms with Gasteiger partial charge in [0.1, 0.15) is 26.9 Å². The van der Waals surface area contributed by atoms with E-state index >= 15 is 0 Å². The molecule has 4 atom stereocenters. The van der Waals surface area contributed by atoms with Crippen molar-refractivity contribution in [1.82, 2.24) is 10.0 Å². The molecule has 2 aliphatic carbocycles. The van der Waals surface area contributed by atoms with E-state index in [0.717, 1.165) is 0 Å². The summed E-state index contributed by atoms with van der Waals surface area (Å²) in [5, 5.41) is 2.32. The van der Waals surface area contributed by atoms with E-state index in [-0.39, 0.29) is 37.0 Å². The van der Waals surface area contributed by atoms with Gasteiger partial charge in [0.2, 0.25) is 0 Å². The third-order valence-electron chi connectivity index (χ3n) is 7.93. The molecule has 2 fully saturated rings. The van der Waals surface area contributed by atoms with Crippen LogP contribution in [0.2, 0.25) is 10.0 Å². The third-order valence-corrected chi connectivity index (χ3v) is 13.8. The molecule has 3 aliphatic rings. The Bertz CT molecular complexity index is 1840. The fraction of sp³-hybridized carbons (Fsp3) is 0.207. The van der Waals surface area contributed by atoms with Crippen molar-refractivity contribution in [3.05, 3.63) is 96.1 Å². The molecule has 1 aromatic heterocycles. The Morgan fingerprint density at radius 2 is 1.37 bits per heavy atom. The van der Waals surface area contributed by atoms with Crippen LogP contribution in [0, 0.1) is 11.8 Å². The number of carbonyl (C=O) groups excluding carboxylic acids is 5. The molecule has 0 unspecified atom stereocenters. The number of thiophene rings is 1. The van der Waals surface area contributed by atoms with E-state index in [1.807, 2.05) is 0 Å². The van der Waals surface area contributed by atoms with Gasteiger partial charge in [0.15, 0.2) is 10.1 Å². The normalized spacial score (nSPS) is 26.0. The first kappa shape index (κ1) is 33.8. The minimum atomic E-state index is -2.20. The van der Waals surface area contributed by atoms with E-state index in [2.05, 4.69) is 0 Å². The number of hydrazine groups is 1. The van der Waals surface area contributed by atoms with Gasteiger partial charge in [-0.15, -0.1) is 34.5 Å². The molecule has 6 rings (SSSR count). The molecule has 3 amide bonds. The highest BCUT2D eigenvalue weighted by molar-refractivity contribution is 7.12. The number of amides is 3. The topological polar surface area (TPSA) is 101 Å². The number of imide groups is 1. The maximum atomic E-state index is 14.1. The second kappa shape index (κ2) is 11.8. The average molecular weight is 802 g/mol. The third kappa shape index (κ3) is 4.73. The Morgan fingerprint density at radius 1 is 0.804 bits per heavy atom. The number of alkyl halides is 4. The number of benzene rings is 2. The van der Waals surface area contributed by atoms with E-state index in [1.54, 1.807) is 17.5 Å². The zero-order valence-electron chi connectivity index (χ0n) is 22.4. The van der Waals surface area contributed by atoms with Crippen molar-refractivity contribution in [3.8, 4) is 5.75 Å². The molecule has 1 aliphatic heterocycles. The summed E-state index contributed by atoms with van der Waals surface area (Å²) in [7, 11) is 0. The van der Waals surface area contributed by atoms with Crippen molar-refractivity contribution in [1.29, 1.82) is 0 Å². The number of nitrogens with zero attached hydrogens (tertiary/aromatic N) is 2. The summed E-state index contributed by atoms with van der Waals surface area (Å²) in [6, 6.07) is 12.6. The highest BCUT2D eigenvalue weighted by Gasteiger charge is 2.88. The van der Waals surface area contributed by atoms with Gasteiger partial charge in [-0.1, -0.05) is 75.7 Å². The number of ether oxygens (including phenoxy) is 1. The molecule has 2 aromatic carbocycles. The predicted octanol–water partition coefficient (Wildman–Crippen LogP) is 7.96. The monoisotopic (exact) mass is 798 g/mol. The van der Waals surface area contributed by atoms with Gasteiger partial charge < -0.3 is 4.74 Å². The number of ketones is 1. The molecule has 17 heteroatoms. The van der Waals surface area contributed by atoms with E-state index in [1.165, 1.54) is 53.8 Å². The number of rotatable bonds is 7. The minimum Gasteiger partial charge on any atom is -0.422 e. The van der Waals surface area contributed by atoms with Crippen LogP contribution in [-0.4, -0.2) is 60.1 Å². The predicted molar refractivity (Wildman–Crippen MR) is 177 cm³/mol. The Labute approximate surface area is 304 Å². The minimum absolute atomic E-state index is 0.00304. The molecule has 238 valence electrons. The molecule has 1 saturated carbocycles. The zero-order valence-corrected chi connectivity index (χ0v) is 29.3. The molecule has 2 heterocycles. The summed E-state index contributed by atoms with van der Waals surface area (Å²) in [5.41, 5.74) is -0.0591. The molecule has 46 heavy (non-hydrogen) atoms. The maximum absolute atomic E-state index is 14.1. The van der Waals surface area contributed by atoms with Crippen LogP contribution >= 0.6 is 104 Å². The second-order valence-electron chi connectivity index (χ2n) is 10.4. The van der Waals surface area contributed by atoms with E-state index in [0.29, 0.717) is 14.9 Å². The summed E-state index contributed by atoms with van der Waals surface area (Å²) in [6.07, 6.45) is 0. The Kier molecular flexibility index (Phi) is 8.70. The number of hydrogen-bond acceptors (Lipinski definition) is 7. The standard InChI is InChI=1S/C29H14Cl8N2O6S/c30-15-8-5-13(10-16(15)31)23(41)38(11-17(40)12-3-6-14(7-4-12)45-26(44)18-2-1-9-46-18)39-24(42)19-20(25(39)43)28(35)22(33)21(32)27(19,34)29(28,36)37/h1-10,19-20H,11H2/t19-,20-,27-,28-/m1/s1. The molecule has 0 spiro atoms. The van der Waals surface area contributed by atoms with E-state index < -0.39 is 61.9 Å². The number of carbonyl (C=O) groups is 5. The molecule has 0 radical (unpaired) electrons. The lowest BCUT2D eigenvalue weighted by Crippen LogP contribution is -2.56. The van der Waals surface area contributed by atoms with Crippen molar-refractivity contribution < 1.29 is 28.7 Å². The number of Topliss-reactive ketones (excluding diaryl/α,β-unsaturated/α-hetero) is 1. The van der Waals surface area contributed by atoms with Crippen LogP contribution in [0.25, 0.3) is 0 Å². The van der Waals surface area contributed by atoms with Crippen LogP contribution in [0.4, 0.5) is 0 Å². The Hall–Kier alpha value is -2.05. The molecule has 2 bridgehead atoms. The largest absolute Gasteiger partial charge is 0.422 e. The van der Waals surface area contributed by atoms with Gasteiger partial charge >= 0.3 is 5.97 Å². The van der Waals surface area contributed by atoms with Crippen molar-refractivity contribution in [2.45, 2.75) is 14.1 Å². The molecule has 8 nitrogen and oxygen atoms in total. The van der Waals surface area contributed by atoms with Crippen LogP contribution in [0.1, 0.15) is 30.4 Å².